The standard InChI is InChI=1S/C30H31FN6O3/c31-23-10-6-21(7-11-23)26-18-32-27-29(39)36(20-33-37(26)27)19-30(40)14-16-35(17-15-30)28(38)22-8-12-25(13-9-22)34-24-4-2-1-3-5-24/h1-7,10-11,18,20,22,40H,8-9,12-17,19H2. The number of benzene rings is 2. The van der Waals surface area contributed by atoms with Crippen molar-refractivity contribution in [3.63, 3.8) is 0 Å². The molecule has 1 N–H and O–H groups in total. The molecular formula is C30H31FN6O3. The van der Waals surface area contributed by atoms with Crippen molar-refractivity contribution in [3.8, 4) is 11.3 Å². The van der Waals surface area contributed by atoms with Gasteiger partial charge in [0, 0.05) is 30.3 Å². The fourth-order valence-corrected chi connectivity index (χ4v) is 5.71. The number of aliphatic imine (C=N–C) groups is 1. The molecule has 4 aromatic rings. The van der Waals surface area contributed by atoms with Crippen molar-refractivity contribution in [3.05, 3.63) is 83.3 Å². The van der Waals surface area contributed by atoms with Gasteiger partial charge in [-0.25, -0.2) is 13.9 Å². The second-order valence-corrected chi connectivity index (χ2v) is 10.8. The Bertz CT molecular complexity index is 1590. The first-order valence-corrected chi connectivity index (χ1v) is 13.7. The highest BCUT2D eigenvalue weighted by atomic mass is 19.1. The van der Waals surface area contributed by atoms with E-state index in [9.17, 15) is 19.1 Å². The summed E-state index contributed by atoms with van der Waals surface area (Å²) in [6, 6.07) is 15.8. The molecular weight excluding hydrogens is 511 g/mol. The topological polar surface area (TPSA) is 105 Å². The number of hydrogen-bond donors (Lipinski definition) is 1. The van der Waals surface area contributed by atoms with E-state index in [1.807, 2.05) is 35.2 Å². The number of imidazole rings is 1. The molecule has 6 rings (SSSR count). The highest BCUT2D eigenvalue weighted by Crippen LogP contribution is 2.30. The molecule has 2 fully saturated rings. The molecule has 1 saturated heterocycles. The summed E-state index contributed by atoms with van der Waals surface area (Å²) >= 11 is 0. The largest absolute Gasteiger partial charge is 0.388 e. The van der Waals surface area contributed by atoms with E-state index in [1.165, 1.54) is 33.7 Å². The number of nitrogens with zero attached hydrogens (tertiary/aromatic N) is 6. The maximum atomic E-state index is 13.3. The van der Waals surface area contributed by atoms with E-state index in [4.69, 9.17) is 4.99 Å². The highest BCUT2D eigenvalue weighted by molar-refractivity contribution is 5.90. The number of aliphatic hydroxyl groups is 1. The summed E-state index contributed by atoms with van der Waals surface area (Å²) in [7, 11) is 0. The molecule has 2 aromatic heterocycles. The molecule has 1 aliphatic heterocycles. The van der Waals surface area contributed by atoms with Crippen molar-refractivity contribution >= 4 is 23.0 Å². The smallest absolute Gasteiger partial charge is 0.296 e. The number of para-hydroxylation sites is 1. The number of hydrogen-bond acceptors (Lipinski definition) is 6. The molecule has 0 unspecified atom stereocenters. The second kappa shape index (κ2) is 10.8. The molecule has 1 amide bonds. The Hall–Kier alpha value is -4.18. The van der Waals surface area contributed by atoms with Gasteiger partial charge in [0.25, 0.3) is 5.56 Å². The molecule has 9 nitrogen and oxygen atoms in total. The molecule has 206 valence electrons. The van der Waals surface area contributed by atoms with E-state index in [-0.39, 0.29) is 35.4 Å². The van der Waals surface area contributed by atoms with Crippen LogP contribution in [0.3, 0.4) is 0 Å². The number of piperidine rings is 1. The number of carbonyl (C=O) groups excluding carboxylic acids is 1. The average molecular weight is 543 g/mol. The Morgan fingerprint density at radius 1 is 1.05 bits per heavy atom. The lowest BCUT2D eigenvalue weighted by Gasteiger charge is -2.40. The number of rotatable bonds is 5. The minimum absolute atomic E-state index is 0.0223. The number of carbonyl (C=O) groups is 1. The fourth-order valence-electron chi connectivity index (χ4n) is 5.71. The van der Waals surface area contributed by atoms with E-state index >= 15 is 0 Å². The van der Waals surface area contributed by atoms with Gasteiger partial charge in [0.15, 0.2) is 0 Å². The van der Waals surface area contributed by atoms with E-state index in [0.717, 1.165) is 37.1 Å². The minimum atomic E-state index is -1.13. The maximum Gasteiger partial charge on any atom is 0.296 e. The molecule has 3 heterocycles. The number of halogens is 1. The second-order valence-electron chi connectivity index (χ2n) is 10.8. The van der Waals surface area contributed by atoms with Crippen molar-refractivity contribution in [1.82, 2.24) is 24.1 Å². The third kappa shape index (κ3) is 5.31. The van der Waals surface area contributed by atoms with Crippen molar-refractivity contribution < 1.29 is 14.3 Å². The Kier molecular flexibility index (Phi) is 7.02. The van der Waals surface area contributed by atoms with E-state index < -0.39 is 5.60 Å². The SMILES string of the molecule is O=C(C1CCC(=Nc2ccccc2)CC1)N1CCC(O)(Cn2cnn3c(-c4ccc(F)cc4)cnc3c2=O)CC1. The summed E-state index contributed by atoms with van der Waals surface area (Å²) < 4.78 is 16.1. The normalized spacial score (nSPS) is 19.1. The van der Waals surface area contributed by atoms with Gasteiger partial charge in [-0.1, -0.05) is 18.2 Å². The third-order valence-corrected chi connectivity index (χ3v) is 8.06. The Morgan fingerprint density at radius 3 is 2.45 bits per heavy atom. The monoisotopic (exact) mass is 542 g/mol. The molecule has 2 aromatic carbocycles. The summed E-state index contributed by atoms with van der Waals surface area (Å²) in [5.74, 6) is -0.229. The van der Waals surface area contributed by atoms with Gasteiger partial charge in [0.05, 0.1) is 29.7 Å². The van der Waals surface area contributed by atoms with Crippen molar-refractivity contribution in [1.29, 1.82) is 0 Å². The summed E-state index contributed by atoms with van der Waals surface area (Å²) in [5.41, 5.74) is 1.98. The number of aromatic nitrogens is 4. The quantitative estimate of drug-likeness (QED) is 0.410. The highest BCUT2D eigenvalue weighted by Gasteiger charge is 2.37. The first-order chi connectivity index (χ1) is 19.4. The van der Waals surface area contributed by atoms with Gasteiger partial charge in [-0.15, -0.1) is 0 Å². The van der Waals surface area contributed by atoms with Gasteiger partial charge in [-0.2, -0.15) is 5.10 Å². The fraction of sp³-hybridized carbons (Fsp3) is 0.367. The zero-order valence-corrected chi connectivity index (χ0v) is 22.1. The van der Waals surface area contributed by atoms with Crippen LogP contribution in [0.15, 0.2) is 76.9 Å². The van der Waals surface area contributed by atoms with Crippen molar-refractivity contribution in [2.24, 2.45) is 10.9 Å². The van der Waals surface area contributed by atoms with Crippen molar-refractivity contribution in [2.45, 2.75) is 50.7 Å². The maximum absolute atomic E-state index is 13.3. The van der Waals surface area contributed by atoms with Crippen molar-refractivity contribution in [2.75, 3.05) is 13.1 Å². The third-order valence-electron chi connectivity index (χ3n) is 8.06. The molecule has 0 atom stereocenters. The van der Waals surface area contributed by atoms with Gasteiger partial charge in [0.1, 0.15) is 12.1 Å². The van der Waals surface area contributed by atoms with Gasteiger partial charge in [0.2, 0.25) is 11.6 Å². The molecule has 1 aliphatic carbocycles. The first kappa shape index (κ1) is 26.1. The average Bonchev–Trinajstić information content (AvgIpc) is 3.41. The minimum Gasteiger partial charge on any atom is -0.388 e. The van der Waals surface area contributed by atoms with Crippen LogP contribution in [0.5, 0.6) is 0 Å². The molecule has 10 heteroatoms. The molecule has 0 spiro atoms. The molecule has 2 aliphatic rings. The van der Waals surface area contributed by atoms with Crippen LogP contribution in [0, 0.1) is 11.7 Å². The molecule has 1 saturated carbocycles. The van der Waals surface area contributed by atoms with Gasteiger partial charge < -0.3 is 10.0 Å². The zero-order valence-electron chi connectivity index (χ0n) is 22.1. The summed E-state index contributed by atoms with van der Waals surface area (Å²) in [6.07, 6.45) is 6.89. The number of fused-ring (bicyclic) bond motifs is 1. The van der Waals surface area contributed by atoms with Crippen LogP contribution in [0.25, 0.3) is 16.9 Å². The lowest BCUT2D eigenvalue weighted by atomic mass is 9.85. The number of amides is 1. The zero-order chi connectivity index (χ0) is 27.7. The summed E-state index contributed by atoms with van der Waals surface area (Å²) in [4.78, 5) is 37.2. The van der Waals surface area contributed by atoms with Crippen LogP contribution in [0.1, 0.15) is 38.5 Å². The Labute approximate surface area is 230 Å². The van der Waals surface area contributed by atoms with E-state index in [1.54, 1.807) is 12.1 Å². The van der Waals surface area contributed by atoms with Crippen LogP contribution in [0.2, 0.25) is 0 Å². The van der Waals surface area contributed by atoms with Crippen LogP contribution in [-0.2, 0) is 11.3 Å². The predicted molar refractivity (Wildman–Crippen MR) is 149 cm³/mol. The Morgan fingerprint density at radius 2 is 1.75 bits per heavy atom. The molecule has 40 heavy (non-hydrogen) atoms. The van der Waals surface area contributed by atoms with Gasteiger partial charge in [-0.05, 0) is 74.9 Å². The predicted octanol–water partition coefficient (Wildman–Crippen LogP) is 4.01. The molecule has 0 bridgehead atoms. The first-order valence-electron chi connectivity index (χ1n) is 13.7. The summed E-state index contributed by atoms with van der Waals surface area (Å²) in [5, 5.41) is 15.7. The van der Waals surface area contributed by atoms with Crippen LogP contribution in [0.4, 0.5) is 10.1 Å². The van der Waals surface area contributed by atoms with Crippen LogP contribution < -0.4 is 5.56 Å². The lowest BCUT2D eigenvalue weighted by Crippen LogP contribution is -2.51. The van der Waals surface area contributed by atoms with Crippen LogP contribution in [-0.4, -0.2) is 59.5 Å². The van der Waals surface area contributed by atoms with Gasteiger partial charge >= 0.3 is 0 Å². The van der Waals surface area contributed by atoms with Crippen LogP contribution >= 0.6 is 0 Å². The van der Waals surface area contributed by atoms with E-state index in [0.29, 0.717) is 37.2 Å². The molecule has 0 radical (unpaired) electrons. The number of likely N-dealkylation sites (tertiary alicyclic amines) is 1. The Balaban J connectivity index is 1.07. The van der Waals surface area contributed by atoms with Gasteiger partial charge in [-0.3, -0.25) is 19.1 Å². The summed E-state index contributed by atoms with van der Waals surface area (Å²) in [6.45, 7) is 0.956. The van der Waals surface area contributed by atoms with E-state index in [2.05, 4.69) is 10.1 Å². The lowest BCUT2D eigenvalue weighted by molar-refractivity contribution is -0.140.